The molecule has 0 bridgehead atoms. The summed E-state index contributed by atoms with van der Waals surface area (Å²) in [6.45, 7) is 1.09. The molecule has 2 aromatic rings. The molecule has 22 heavy (non-hydrogen) atoms. The standard InChI is InChI=1S/C15H17F3N4/c16-15(17,18)11-2-1-3-12(8-11)22-14(10-4-5-10)13(9-21-22)20-7-6-19/h1-3,8-10,20H,4-7,19H2. The maximum Gasteiger partial charge on any atom is 0.416 e. The Hall–Kier alpha value is -2.02. The van der Waals surface area contributed by atoms with Crippen LogP contribution < -0.4 is 11.1 Å². The monoisotopic (exact) mass is 310 g/mol. The van der Waals surface area contributed by atoms with Crippen molar-refractivity contribution in [3.63, 3.8) is 0 Å². The highest BCUT2D eigenvalue weighted by Gasteiger charge is 2.33. The van der Waals surface area contributed by atoms with E-state index in [9.17, 15) is 13.2 Å². The van der Waals surface area contributed by atoms with Gasteiger partial charge in [-0.15, -0.1) is 0 Å². The lowest BCUT2D eigenvalue weighted by Crippen LogP contribution is -2.14. The summed E-state index contributed by atoms with van der Waals surface area (Å²) >= 11 is 0. The minimum Gasteiger partial charge on any atom is -0.381 e. The lowest BCUT2D eigenvalue weighted by atomic mass is 10.2. The van der Waals surface area contributed by atoms with Crippen molar-refractivity contribution in [1.82, 2.24) is 9.78 Å². The normalized spacial score (nSPS) is 15.1. The predicted molar refractivity (Wildman–Crippen MR) is 78.1 cm³/mol. The highest BCUT2D eigenvalue weighted by molar-refractivity contribution is 5.53. The molecule has 3 N–H and O–H groups in total. The highest BCUT2D eigenvalue weighted by atomic mass is 19.4. The van der Waals surface area contributed by atoms with E-state index in [-0.39, 0.29) is 0 Å². The molecule has 118 valence electrons. The number of aromatic nitrogens is 2. The molecule has 0 saturated heterocycles. The molecule has 1 aromatic heterocycles. The third-order valence-corrected chi connectivity index (χ3v) is 3.65. The number of nitrogens with one attached hydrogen (secondary N) is 1. The van der Waals surface area contributed by atoms with Crippen molar-refractivity contribution in [2.75, 3.05) is 18.4 Å². The van der Waals surface area contributed by atoms with Crippen LogP contribution in [0.3, 0.4) is 0 Å². The second-order valence-electron chi connectivity index (χ2n) is 5.39. The number of rotatable bonds is 5. The Morgan fingerprint density at radius 1 is 1.32 bits per heavy atom. The summed E-state index contributed by atoms with van der Waals surface area (Å²) in [6, 6.07) is 5.24. The first-order chi connectivity index (χ1) is 10.5. The minimum absolute atomic E-state index is 0.345. The van der Waals surface area contributed by atoms with E-state index in [1.807, 2.05) is 0 Å². The first-order valence-corrected chi connectivity index (χ1v) is 7.20. The van der Waals surface area contributed by atoms with Crippen molar-refractivity contribution in [2.24, 2.45) is 5.73 Å². The quantitative estimate of drug-likeness (QED) is 0.892. The van der Waals surface area contributed by atoms with Gasteiger partial charge >= 0.3 is 6.18 Å². The average molecular weight is 310 g/mol. The van der Waals surface area contributed by atoms with Gasteiger partial charge in [0.25, 0.3) is 0 Å². The molecule has 1 aliphatic rings. The van der Waals surface area contributed by atoms with Crippen molar-refractivity contribution < 1.29 is 13.2 Å². The fourth-order valence-electron chi connectivity index (χ4n) is 2.47. The number of hydrogen-bond acceptors (Lipinski definition) is 3. The highest BCUT2D eigenvalue weighted by Crippen LogP contribution is 2.44. The molecule has 3 rings (SSSR count). The molecule has 0 spiro atoms. The fraction of sp³-hybridized carbons (Fsp3) is 0.400. The maximum atomic E-state index is 12.9. The Bertz CT molecular complexity index is 659. The van der Waals surface area contributed by atoms with Crippen LogP contribution in [0, 0.1) is 0 Å². The number of alkyl halides is 3. The van der Waals surface area contributed by atoms with Gasteiger partial charge in [-0.25, -0.2) is 4.68 Å². The molecule has 0 radical (unpaired) electrons. The van der Waals surface area contributed by atoms with Crippen LogP contribution in [0.1, 0.15) is 30.0 Å². The SMILES string of the molecule is NCCNc1cnn(-c2cccc(C(F)(F)F)c2)c1C1CC1. The molecule has 0 unspecified atom stereocenters. The number of benzene rings is 1. The molecular formula is C15H17F3N4. The predicted octanol–water partition coefficient (Wildman–Crippen LogP) is 3.14. The van der Waals surface area contributed by atoms with Gasteiger partial charge in [-0.2, -0.15) is 18.3 Å². The minimum atomic E-state index is -4.36. The smallest absolute Gasteiger partial charge is 0.381 e. The molecule has 0 atom stereocenters. The molecule has 4 nitrogen and oxygen atoms in total. The van der Waals surface area contributed by atoms with E-state index >= 15 is 0 Å². The van der Waals surface area contributed by atoms with Crippen molar-refractivity contribution in [3.8, 4) is 5.69 Å². The van der Waals surface area contributed by atoms with Gasteiger partial charge in [-0.05, 0) is 31.0 Å². The van der Waals surface area contributed by atoms with Crippen LogP contribution in [-0.2, 0) is 6.18 Å². The van der Waals surface area contributed by atoms with E-state index in [0.717, 1.165) is 36.4 Å². The van der Waals surface area contributed by atoms with Crippen LogP contribution in [0.2, 0.25) is 0 Å². The Kier molecular flexibility index (Phi) is 3.82. The first kappa shape index (κ1) is 14.9. The summed E-state index contributed by atoms with van der Waals surface area (Å²) < 4.78 is 40.2. The van der Waals surface area contributed by atoms with E-state index in [1.165, 1.54) is 6.07 Å². The second-order valence-corrected chi connectivity index (χ2v) is 5.39. The Labute approximate surface area is 126 Å². The third kappa shape index (κ3) is 2.94. The van der Waals surface area contributed by atoms with Crippen LogP contribution in [0.5, 0.6) is 0 Å². The lowest BCUT2D eigenvalue weighted by molar-refractivity contribution is -0.137. The first-order valence-electron chi connectivity index (χ1n) is 7.20. The van der Waals surface area contributed by atoms with Crippen LogP contribution in [0.25, 0.3) is 5.69 Å². The van der Waals surface area contributed by atoms with Gasteiger partial charge in [-0.3, -0.25) is 0 Å². The van der Waals surface area contributed by atoms with Crippen LogP contribution in [0.4, 0.5) is 18.9 Å². The lowest BCUT2D eigenvalue weighted by Gasteiger charge is -2.12. The molecule has 1 fully saturated rings. The average Bonchev–Trinajstić information content (AvgIpc) is 3.24. The molecule has 1 heterocycles. The Balaban J connectivity index is 1.99. The summed E-state index contributed by atoms with van der Waals surface area (Å²) in [5, 5.41) is 7.46. The zero-order valence-electron chi connectivity index (χ0n) is 11.9. The third-order valence-electron chi connectivity index (χ3n) is 3.65. The van der Waals surface area contributed by atoms with E-state index in [0.29, 0.717) is 24.7 Å². The molecular weight excluding hydrogens is 293 g/mol. The number of nitrogens with two attached hydrogens (primary N) is 1. The van der Waals surface area contributed by atoms with Gasteiger partial charge in [0.1, 0.15) is 0 Å². The van der Waals surface area contributed by atoms with Crippen molar-refractivity contribution in [1.29, 1.82) is 0 Å². The van der Waals surface area contributed by atoms with E-state index in [2.05, 4.69) is 10.4 Å². The van der Waals surface area contributed by atoms with E-state index in [1.54, 1.807) is 16.9 Å². The number of anilines is 1. The summed E-state index contributed by atoms with van der Waals surface area (Å²) in [5.74, 6) is 0.345. The molecule has 0 amide bonds. The van der Waals surface area contributed by atoms with Gasteiger partial charge in [0.15, 0.2) is 0 Å². The van der Waals surface area contributed by atoms with Crippen LogP contribution in [-0.4, -0.2) is 22.9 Å². The number of hydrogen-bond donors (Lipinski definition) is 2. The summed E-state index contributed by atoms with van der Waals surface area (Å²) in [5.41, 5.74) is 7.04. The zero-order chi connectivity index (χ0) is 15.7. The van der Waals surface area contributed by atoms with Gasteiger partial charge in [-0.1, -0.05) is 6.07 Å². The fourth-order valence-corrected chi connectivity index (χ4v) is 2.47. The summed E-state index contributed by atoms with van der Waals surface area (Å²) in [7, 11) is 0. The van der Waals surface area contributed by atoms with Gasteiger partial charge < -0.3 is 11.1 Å². The maximum absolute atomic E-state index is 12.9. The number of nitrogens with zero attached hydrogens (tertiary/aromatic N) is 2. The van der Waals surface area contributed by atoms with Crippen molar-refractivity contribution >= 4 is 5.69 Å². The van der Waals surface area contributed by atoms with Crippen LogP contribution in [0.15, 0.2) is 30.5 Å². The largest absolute Gasteiger partial charge is 0.416 e. The van der Waals surface area contributed by atoms with Crippen LogP contribution >= 0.6 is 0 Å². The summed E-state index contributed by atoms with van der Waals surface area (Å²) in [4.78, 5) is 0. The topological polar surface area (TPSA) is 55.9 Å². The van der Waals surface area contributed by atoms with Gasteiger partial charge in [0.05, 0.1) is 28.8 Å². The molecule has 7 heteroatoms. The van der Waals surface area contributed by atoms with E-state index < -0.39 is 11.7 Å². The second kappa shape index (κ2) is 5.64. The molecule has 1 saturated carbocycles. The van der Waals surface area contributed by atoms with Gasteiger partial charge in [0, 0.05) is 19.0 Å². The van der Waals surface area contributed by atoms with Crippen molar-refractivity contribution in [2.45, 2.75) is 24.9 Å². The molecule has 0 aliphatic heterocycles. The van der Waals surface area contributed by atoms with Crippen molar-refractivity contribution in [3.05, 3.63) is 41.7 Å². The Morgan fingerprint density at radius 2 is 2.09 bits per heavy atom. The molecule has 1 aliphatic carbocycles. The summed E-state index contributed by atoms with van der Waals surface area (Å²) in [6.07, 6.45) is -0.642. The Morgan fingerprint density at radius 3 is 2.73 bits per heavy atom. The number of halogens is 3. The zero-order valence-corrected chi connectivity index (χ0v) is 11.9. The van der Waals surface area contributed by atoms with E-state index in [4.69, 9.17) is 5.73 Å². The molecule has 1 aromatic carbocycles. The van der Waals surface area contributed by atoms with Gasteiger partial charge in [0.2, 0.25) is 0 Å².